The lowest BCUT2D eigenvalue weighted by Crippen LogP contribution is -2.62. The first-order valence-electron chi connectivity index (χ1n) is 28.6. The first-order chi connectivity index (χ1) is 40.4. The van der Waals surface area contributed by atoms with Gasteiger partial charge in [0.1, 0.15) is 53.1 Å². The van der Waals surface area contributed by atoms with Gasteiger partial charge in [-0.15, -0.1) is 10.2 Å². The number of aromatic nitrogens is 5. The average Bonchev–Trinajstić information content (AvgIpc) is 1.91. The van der Waals surface area contributed by atoms with Crippen molar-refractivity contribution < 1.29 is 47.0 Å². The topological polar surface area (TPSA) is 235 Å². The van der Waals surface area contributed by atoms with E-state index in [4.69, 9.17) is 9.47 Å². The first-order valence-corrected chi connectivity index (χ1v) is 28.6. The van der Waals surface area contributed by atoms with E-state index in [-0.39, 0.29) is 68.1 Å². The minimum atomic E-state index is -1.10. The predicted octanol–water partition coefficient (Wildman–Crippen LogP) is 8.11. The van der Waals surface area contributed by atoms with Crippen molar-refractivity contribution in [3.05, 3.63) is 154 Å². The van der Waals surface area contributed by atoms with Crippen molar-refractivity contribution in [2.24, 2.45) is 5.41 Å². The van der Waals surface area contributed by atoms with Gasteiger partial charge >= 0.3 is 6.09 Å². The van der Waals surface area contributed by atoms with Gasteiger partial charge in [0.25, 0.3) is 5.91 Å². The Morgan fingerprint density at radius 3 is 2.33 bits per heavy atom. The van der Waals surface area contributed by atoms with Crippen molar-refractivity contribution in [3.63, 3.8) is 0 Å². The number of ether oxygens (including phenoxy) is 2. The van der Waals surface area contributed by atoms with Gasteiger partial charge < -0.3 is 45.1 Å². The Kier molecular flexibility index (Phi) is 20.0. The maximum Gasteiger partial charge on any atom is 0.410 e. The molecule has 3 heterocycles. The molecule has 1 aliphatic heterocycles. The van der Waals surface area contributed by atoms with Crippen LogP contribution in [0.5, 0.6) is 5.75 Å². The van der Waals surface area contributed by atoms with Crippen molar-refractivity contribution in [3.8, 4) is 17.3 Å². The van der Waals surface area contributed by atoms with E-state index in [2.05, 4.69) is 47.5 Å². The lowest BCUT2D eigenvalue weighted by atomic mass is 9.83. The van der Waals surface area contributed by atoms with Crippen molar-refractivity contribution in [1.29, 1.82) is 0 Å². The Labute approximate surface area is 494 Å². The Morgan fingerprint density at radius 1 is 0.847 bits per heavy atom. The molecule has 450 valence electrons. The van der Waals surface area contributed by atoms with Gasteiger partial charge in [-0.05, 0) is 130 Å². The molecule has 0 fully saturated rings. The van der Waals surface area contributed by atoms with E-state index in [0.717, 1.165) is 48.1 Å². The number of fused-ring (bicyclic) bond motifs is 2. The summed E-state index contributed by atoms with van der Waals surface area (Å²) in [6.45, 7) is 13.0. The molecule has 6 amide bonds. The number of aryl methyl sites for hydroxylation is 1. The zero-order valence-electron chi connectivity index (χ0n) is 49.7. The third kappa shape index (κ3) is 15.9. The molecule has 4 atom stereocenters. The third-order valence-corrected chi connectivity index (χ3v) is 15.2. The van der Waals surface area contributed by atoms with Gasteiger partial charge in [0.15, 0.2) is 11.6 Å². The summed E-state index contributed by atoms with van der Waals surface area (Å²) in [6.07, 6.45) is 5.64. The summed E-state index contributed by atoms with van der Waals surface area (Å²) in [5, 5.41) is 21.0. The number of rotatable bonds is 21. The normalized spacial score (nSPS) is 15.5. The monoisotopic (exact) mass is 1170 g/mol. The number of nitrogens with one attached hydrogen (secondary N) is 4. The summed E-state index contributed by atoms with van der Waals surface area (Å²) in [7, 11) is 3.18. The standard InChI is InChI=1S/C63H76F2N12O8/c1-39(75(9)61(83)85-63(5,6)7)57(79)71-55(62(2,3)4)60(82)77-37-43-33-45(25-24-41(43)34-52(77)59(81)70-50-23-13-17-40-16-10-11-20-46(40)50)84-31-27-54(78)74(8)29-15-30-76-53(72-73-56(76)51-26-28-66-38-69-51)36-67-44-19-12-18-42(32-44)58(80)68-35-47-48(64)21-14-22-49(47)65/h10-12,14,16,18-22,24-26,28,32-33,38-39,50,52,55,67H,13,15,17,23,27,29-31,34-37H2,1-9H3,(H,68,80)(H,70,81)(H,71,79)/t39-,50+,52?,55+/m0/s1. The highest BCUT2D eigenvalue weighted by Gasteiger charge is 2.44. The summed E-state index contributed by atoms with van der Waals surface area (Å²) in [5.74, 6) is -2.00. The molecule has 8 rings (SSSR count). The second-order valence-corrected chi connectivity index (χ2v) is 23.6. The molecule has 0 bridgehead atoms. The minimum absolute atomic E-state index is 0.0288. The number of halogens is 2. The summed E-state index contributed by atoms with van der Waals surface area (Å²) in [5.41, 5.74) is 3.37. The first kappa shape index (κ1) is 62.2. The van der Waals surface area contributed by atoms with Crippen LogP contribution < -0.4 is 26.0 Å². The van der Waals surface area contributed by atoms with Gasteiger partial charge in [-0.25, -0.2) is 23.5 Å². The highest BCUT2D eigenvalue weighted by Crippen LogP contribution is 2.34. The zero-order valence-corrected chi connectivity index (χ0v) is 49.7. The van der Waals surface area contributed by atoms with Crippen molar-refractivity contribution in [2.75, 3.05) is 32.6 Å². The molecule has 0 saturated carbocycles. The van der Waals surface area contributed by atoms with Crippen molar-refractivity contribution in [1.82, 2.24) is 55.4 Å². The van der Waals surface area contributed by atoms with E-state index in [1.54, 1.807) is 82.2 Å². The molecule has 2 aromatic heterocycles. The van der Waals surface area contributed by atoms with E-state index in [1.807, 2.05) is 55.7 Å². The van der Waals surface area contributed by atoms with E-state index in [9.17, 15) is 32.8 Å². The molecule has 1 unspecified atom stereocenters. The van der Waals surface area contributed by atoms with Gasteiger partial charge in [-0.3, -0.25) is 28.9 Å². The number of hydrogen-bond donors (Lipinski definition) is 4. The van der Waals surface area contributed by atoms with Crippen LogP contribution in [0.1, 0.15) is 124 Å². The largest absolute Gasteiger partial charge is 0.493 e. The van der Waals surface area contributed by atoms with Crippen molar-refractivity contribution in [2.45, 2.75) is 143 Å². The molecule has 4 aromatic carbocycles. The van der Waals surface area contributed by atoms with Gasteiger partial charge in [-0.1, -0.05) is 63.2 Å². The fraction of sp³-hybridized carbons (Fsp3) is 0.429. The maximum atomic E-state index is 15.1. The van der Waals surface area contributed by atoms with Crippen LogP contribution in [0.25, 0.3) is 11.5 Å². The van der Waals surface area contributed by atoms with E-state index >= 15 is 4.79 Å². The quantitative estimate of drug-likeness (QED) is 0.0534. The molecular formula is C63H76F2N12O8. The molecule has 0 radical (unpaired) electrons. The lowest BCUT2D eigenvalue weighted by Gasteiger charge is -2.42. The van der Waals surface area contributed by atoms with Gasteiger partial charge in [0.2, 0.25) is 23.6 Å². The van der Waals surface area contributed by atoms with Crippen LogP contribution in [-0.4, -0.2) is 126 Å². The number of nitrogens with zero attached hydrogens (tertiary/aromatic N) is 8. The van der Waals surface area contributed by atoms with Gasteiger partial charge in [-0.2, -0.15) is 0 Å². The molecule has 20 nitrogen and oxygen atoms in total. The molecular weight excluding hydrogens is 1090 g/mol. The number of benzene rings is 4. The molecule has 2 aliphatic rings. The Morgan fingerprint density at radius 2 is 1.60 bits per heavy atom. The van der Waals surface area contributed by atoms with Crippen LogP contribution in [-0.2, 0) is 62.9 Å². The highest BCUT2D eigenvalue weighted by molar-refractivity contribution is 5.96. The molecule has 0 spiro atoms. The highest BCUT2D eigenvalue weighted by atomic mass is 19.1. The Hall–Kier alpha value is -8.82. The Balaban J connectivity index is 0.903. The molecule has 1 aliphatic carbocycles. The number of carbonyl (C=O) groups excluding carboxylic acids is 6. The van der Waals surface area contributed by atoms with E-state index < -0.39 is 64.6 Å². The summed E-state index contributed by atoms with van der Waals surface area (Å²) >= 11 is 0. The van der Waals surface area contributed by atoms with E-state index in [1.165, 1.54) is 34.8 Å². The minimum Gasteiger partial charge on any atom is -0.493 e. The van der Waals surface area contributed by atoms with Crippen LogP contribution in [0.2, 0.25) is 0 Å². The number of anilines is 1. The third-order valence-electron chi connectivity index (χ3n) is 15.2. The fourth-order valence-corrected chi connectivity index (χ4v) is 10.3. The van der Waals surface area contributed by atoms with Crippen LogP contribution in [0.3, 0.4) is 0 Å². The lowest BCUT2D eigenvalue weighted by molar-refractivity contribution is -0.147. The molecule has 6 aromatic rings. The summed E-state index contributed by atoms with van der Waals surface area (Å²) < 4.78 is 42.0. The summed E-state index contributed by atoms with van der Waals surface area (Å²) in [4.78, 5) is 96.1. The maximum absolute atomic E-state index is 15.1. The SMILES string of the molecule is C[C@@H](C(=O)N[C@H](C(=O)N1Cc2cc(OCCC(=O)N(C)CCCn3c(CNc4cccc(C(=O)NCc5c(F)cccc5F)c4)nnc3-c3ccncn3)ccc2CC1C(=O)N[C@@H]1CCCc2ccccc21)C(C)(C)C)N(C)C(=O)OC(C)(C)C. The average molecular weight is 1170 g/mol. The van der Waals surface area contributed by atoms with Crippen LogP contribution in [0, 0.1) is 17.0 Å². The van der Waals surface area contributed by atoms with Crippen LogP contribution in [0.15, 0.2) is 104 Å². The second-order valence-electron chi connectivity index (χ2n) is 23.6. The summed E-state index contributed by atoms with van der Waals surface area (Å²) in [6, 6.07) is 22.2. The fourth-order valence-electron chi connectivity index (χ4n) is 10.3. The number of carbonyl (C=O) groups is 6. The molecule has 0 saturated heterocycles. The van der Waals surface area contributed by atoms with Crippen LogP contribution in [0.4, 0.5) is 19.3 Å². The van der Waals surface area contributed by atoms with Crippen molar-refractivity contribution >= 4 is 41.3 Å². The zero-order chi connectivity index (χ0) is 61.2. The molecule has 22 heteroatoms. The number of amides is 6. The Bertz CT molecular complexity index is 3360. The second kappa shape index (κ2) is 27.3. The van der Waals surface area contributed by atoms with Gasteiger partial charge in [0, 0.05) is 69.7 Å². The number of hydrogen-bond acceptors (Lipinski definition) is 13. The van der Waals surface area contributed by atoms with Gasteiger partial charge in [0.05, 0.1) is 25.6 Å². The van der Waals surface area contributed by atoms with E-state index in [0.29, 0.717) is 48.3 Å². The van der Waals surface area contributed by atoms with Crippen LogP contribution >= 0.6 is 0 Å². The molecule has 85 heavy (non-hydrogen) atoms. The number of likely N-dealkylation sites (N-methyl/N-ethyl adjacent to an activating group) is 1. The predicted molar refractivity (Wildman–Crippen MR) is 314 cm³/mol. The molecule has 4 N–H and O–H groups in total. The smallest absolute Gasteiger partial charge is 0.410 e.